The maximum absolute atomic E-state index is 15.2. The number of halogens is 3. The van der Waals surface area contributed by atoms with Crippen LogP contribution in [0.15, 0.2) is 0 Å². The standard InChI is InChI=1S/C19H31BrF2NO6PS/c1-6-28-30(25,29-7-2)19(21,22)12(3)15(20)16(24)23-14-10-13-8-9-18(14,17(13,4)5)11-31(23,26)27/h12-15H,6-11H2,1-5H3/t12-,13-,14+,15-,18-/m0/s1. The summed E-state index contributed by atoms with van der Waals surface area (Å²) in [6, 6.07) is -0.537. The number of rotatable bonds is 8. The number of amides is 1. The molecule has 1 spiro atoms. The van der Waals surface area contributed by atoms with Gasteiger partial charge in [-0.3, -0.25) is 9.36 Å². The first-order chi connectivity index (χ1) is 14.1. The van der Waals surface area contributed by atoms with Crippen molar-refractivity contribution in [1.82, 2.24) is 4.31 Å². The molecule has 12 heteroatoms. The van der Waals surface area contributed by atoms with Gasteiger partial charge >= 0.3 is 13.3 Å². The number of carbonyl (C=O) groups excluding carboxylic acids is 1. The quantitative estimate of drug-likeness (QED) is 0.324. The van der Waals surface area contributed by atoms with E-state index in [-0.39, 0.29) is 30.3 Å². The molecule has 180 valence electrons. The van der Waals surface area contributed by atoms with Crippen LogP contribution < -0.4 is 0 Å². The van der Waals surface area contributed by atoms with Crippen LogP contribution in [-0.4, -0.2) is 54.1 Å². The van der Waals surface area contributed by atoms with E-state index in [0.29, 0.717) is 12.8 Å². The fourth-order valence-corrected chi connectivity index (χ4v) is 11.1. The minimum Gasteiger partial charge on any atom is -0.305 e. The molecule has 0 aromatic rings. The van der Waals surface area contributed by atoms with E-state index >= 15 is 8.78 Å². The van der Waals surface area contributed by atoms with Crippen molar-refractivity contribution in [2.24, 2.45) is 22.7 Å². The monoisotopic (exact) mass is 549 g/mol. The fraction of sp³-hybridized carbons (Fsp3) is 0.947. The highest BCUT2D eigenvalue weighted by atomic mass is 79.9. The number of hydrogen-bond acceptors (Lipinski definition) is 6. The maximum Gasteiger partial charge on any atom is 0.399 e. The molecule has 2 bridgehead atoms. The minimum absolute atomic E-state index is 0.152. The lowest BCUT2D eigenvalue weighted by Crippen LogP contribution is -2.49. The Morgan fingerprint density at radius 2 is 1.84 bits per heavy atom. The molecular formula is C19H31BrF2NO6PS. The van der Waals surface area contributed by atoms with E-state index < -0.39 is 51.4 Å². The number of nitrogens with zero attached hydrogens (tertiary/aromatic N) is 1. The van der Waals surface area contributed by atoms with E-state index in [1.165, 1.54) is 13.8 Å². The van der Waals surface area contributed by atoms with Crippen molar-refractivity contribution in [1.29, 1.82) is 0 Å². The molecule has 3 rings (SSSR count). The summed E-state index contributed by atoms with van der Waals surface area (Å²) < 4.78 is 79.7. The van der Waals surface area contributed by atoms with E-state index in [2.05, 4.69) is 15.9 Å². The molecule has 1 amide bonds. The topological polar surface area (TPSA) is 90.0 Å². The molecule has 2 saturated carbocycles. The zero-order valence-corrected chi connectivity index (χ0v) is 21.7. The van der Waals surface area contributed by atoms with Gasteiger partial charge in [0.2, 0.25) is 10.0 Å². The Balaban J connectivity index is 1.91. The smallest absolute Gasteiger partial charge is 0.305 e. The predicted molar refractivity (Wildman–Crippen MR) is 116 cm³/mol. The van der Waals surface area contributed by atoms with E-state index in [4.69, 9.17) is 9.05 Å². The summed E-state index contributed by atoms with van der Waals surface area (Å²) >= 11 is 3.01. The van der Waals surface area contributed by atoms with E-state index in [1.807, 2.05) is 13.8 Å². The summed E-state index contributed by atoms with van der Waals surface area (Å²) in [7, 11) is -8.84. The number of hydrogen-bond donors (Lipinski definition) is 0. The Labute approximate surface area is 191 Å². The fourth-order valence-electron chi connectivity index (χ4n) is 5.89. The predicted octanol–water partition coefficient (Wildman–Crippen LogP) is 4.61. The minimum atomic E-state index is -4.87. The molecule has 2 aliphatic carbocycles. The van der Waals surface area contributed by atoms with E-state index in [0.717, 1.165) is 17.6 Å². The normalized spacial score (nSPS) is 33.4. The largest absolute Gasteiger partial charge is 0.399 e. The molecule has 0 aromatic heterocycles. The summed E-state index contributed by atoms with van der Waals surface area (Å²) in [4.78, 5) is 11.7. The molecule has 7 nitrogen and oxygen atoms in total. The van der Waals surface area contributed by atoms with Crippen LogP contribution in [0.4, 0.5) is 8.78 Å². The van der Waals surface area contributed by atoms with Crippen LogP contribution in [0.25, 0.3) is 0 Å². The second kappa shape index (κ2) is 8.00. The van der Waals surface area contributed by atoms with Gasteiger partial charge in [-0.25, -0.2) is 12.7 Å². The molecule has 3 aliphatic rings. The van der Waals surface area contributed by atoms with Gasteiger partial charge in [-0.15, -0.1) is 0 Å². The lowest BCUT2D eigenvalue weighted by Gasteiger charge is -2.38. The van der Waals surface area contributed by atoms with Gasteiger partial charge in [0.1, 0.15) is 4.83 Å². The highest BCUT2D eigenvalue weighted by Gasteiger charge is 2.73. The van der Waals surface area contributed by atoms with Crippen LogP contribution in [0.2, 0.25) is 0 Å². The molecule has 1 saturated heterocycles. The van der Waals surface area contributed by atoms with Gasteiger partial charge in [-0.2, -0.15) is 8.78 Å². The van der Waals surface area contributed by atoms with Crippen molar-refractivity contribution >= 4 is 39.5 Å². The Morgan fingerprint density at radius 1 is 1.29 bits per heavy atom. The first-order valence-corrected chi connectivity index (χ1v) is 14.7. The van der Waals surface area contributed by atoms with Crippen LogP contribution in [0, 0.1) is 22.7 Å². The van der Waals surface area contributed by atoms with E-state index in [1.54, 1.807) is 0 Å². The van der Waals surface area contributed by atoms with Crippen molar-refractivity contribution < 1.29 is 35.6 Å². The second-order valence-corrected chi connectivity index (χ2v) is 14.3. The van der Waals surface area contributed by atoms with Crippen molar-refractivity contribution in [3.63, 3.8) is 0 Å². The summed E-state index contributed by atoms with van der Waals surface area (Å²) in [6.45, 7) is 7.43. The zero-order chi connectivity index (χ0) is 23.6. The molecule has 0 unspecified atom stereocenters. The van der Waals surface area contributed by atoms with E-state index in [9.17, 15) is 17.8 Å². The Kier molecular flexibility index (Phi) is 6.59. The van der Waals surface area contributed by atoms with Crippen molar-refractivity contribution in [2.75, 3.05) is 19.0 Å². The van der Waals surface area contributed by atoms with Crippen molar-refractivity contribution in [3.05, 3.63) is 0 Å². The highest BCUT2D eigenvalue weighted by Crippen LogP contribution is 2.70. The molecule has 1 aliphatic heterocycles. The van der Waals surface area contributed by atoms with Crippen molar-refractivity contribution in [3.8, 4) is 0 Å². The van der Waals surface area contributed by atoms with Gasteiger partial charge < -0.3 is 9.05 Å². The molecule has 0 N–H and O–H groups in total. The second-order valence-electron chi connectivity index (χ2n) is 9.37. The zero-order valence-electron chi connectivity index (χ0n) is 18.4. The third-order valence-corrected chi connectivity index (χ3v) is 13.2. The van der Waals surface area contributed by atoms with Gasteiger partial charge in [0.15, 0.2) is 0 Å². The Hall–Kier alpha value is -0.0900. The summed E-state index contributed by atoms with van der Waals surface area (Å²) in [5.41, 5.74) is -4.81. The third-order valence-electron chi connectivity index (χ3n) is 7.81. The number of carbonyl (C=O) groups is 1. The van der Waals surface area contributed by atoms with Crippen molar-refractivity contribution in [2.45, 2.75) is 70.4 Å². The molecule has 0 radical (unpaired) electrons. The first kappa shape index (κ1) is 25.5. The van der Waals surface area contributed by atoms with Crippen LogP contribution >= 0.6 is 23.5 Å². The molecular weight excluding hydrogens is 519 g/mol. The molecule has 1 heterocycles. The third kappa shape index (κ3) is 3.47. The van der Waals surface area contributed by atoms with Gasteiger partial charge in [-0.05, 0) is 44.4 Å². The molecule has 31 heavy (non-hydrogen) atoms. The average Bonchev–Trinajstić information content (AvgIpc) is 3.14. The highest BCUT2D eigenvalue weighted by molar-refractivity contribution is 9.10. The number of sulfonamides is 1. The van der Waals surface area contributed by atoms with Crippen LogP contribution in [-0.2, 0) is 28.4 Å². The average molecular weight is 550 g/mol. The number of alkyl halides is 3. The van der Waals surface area contributed by atoms with Gasteiger partial charge in [0.05, 0.1) is 30.9 Å². The molecule has 3 fully saturated rings. The first-order valence-electron chi connectivity index (χ1n) is 10.6. The summed E-state index contributed by atoms with van der Waals surface area (Å²) in [5, 5.41) is 0. The molecule has 5 atom stereocenters. The van der Waals surface area contributed by atoms with Crippen LogP contribution in [0.1, 0.15) is 53.9 Å². The maximum atomic E-state index is 15.2. The van der Waals surface area contributed by atoms with Gasteiger partial charge in [0, 0.05) is 5.41 Å². The summed E-state index contributed by atoms with van der Waals surface area (Å²) in [6.07, 6.45) is 2.14. The number of fused-ring (bicyclic) bond motifs is 1. The van der Waals surface area contributed by atoms with Gasteiger partial charge in [0.25, 0.3) is 5.91 Å². The lowest BCUT2D eigenvalue weighted by atomic mass is 9.69. The van der Waals surface area contributed by atoms with Gasteiger partial charge in [-0.1, -0.05) is 36.7 Å². The Morgan fingerprint density at radius 3 is 2.32 bits per heavy atom. The molecule has 0 aromatic carbocycles. The SMILES string of the molecule is CCOP(=O)(OCC)C(F)(F)[C@@H](C)[C@H](Br)C(=O)N1[C@@H]2C[C@@H]3CC[C@@]2(CS1(=O)=O)C3(C)C. The van der Waals surface area contributed by atoms with Crippen LogP contribution in [0.5, 0.6) is 0 Å². The Bertz CT molecular complexity index is 890. The van der Waals surface area contributed by atoms with Crippen LogP contribution in [0.3, 0.4) is 0 Å². The lowest BCUT2D eigenvalue weighted by molar-refractivity contribution is -0.131. The summed E-state index contributed by atoms with van der Waals surface area (Å²) in [5.74, 6) is -2.65.